The fourth-order valence-electron chi connectivity index (χ4n) is 2.08. The molecule has 1 aliphatic heterocycles. The van der Waals surface area contributed by atoms with E-state index in [1.54, 1.807) is 22.0 Å². The van der Waals surface area contributed by atoms with E-state index in [-0.39, 0.29) is 12.0 Å². The molecule has 0 spiro atoms. The van der Waals surface area contributed by atoms with Gasteiger partial charge in [-0.25, -0.2) is 9.97 Å². The number of carbonyl (C=O) groups is 1. The van der Waals surface area contributed by atoms with Crippen molar-refractivity contribution in [2.75, 3.05) is 19.7 Å². The number of morpholine rings is 1. The maximum atomic E-state index is 12.2. The molecule has 19 heavy (non-hydrogen) atoms. The van der Waals surface area contributed by atoms with Gasteiger partial charge in [-0.2, -0.15) is 0 Å². The second kappa shape index (κ2) is 5.10. The average Bonchev–Trinajstić information content (AvgIpc) is 3.09. The van der Waals surface area contributed by atoms with E-state index in [0.717, 1.165) is 11.5 Å². The molecule has 0 saturated carbocycles. The molecule has 1 fully saturated rings. The topological polar surface area (TPSA) is 71.1 Å². The van der Waals surface area contributed by atoms with Crippen molar-refractivity contribution >= 4 is 17.2 Å². The second-order valence-electron chi connectivity index (χ2n) is 4.44. The van der Waals surface area contributed by atoms with E-state index < -0.39 is 0 Å². The third kappa shape index (κ3) is 2.52. The Kier molecular flexibility index (Phi) is 3.31. The van der Waals surface area contributed by atoms with E-state index in [2.05, 4.69) is 15.0 Å². The summed E-state index contributed by atoms with van der Waals surface area (Å²) < 4.78 is 5.67. The number of hydrogen-bond donors (Lipinski definition) is 1. The molecule has 0 radical (unpaired) electrons. The third-order valence-corrected chi connectivity index (χ3v) is 3.62. The predicted octanol–water partition coefficient (Wildman–Crippen LogP) is 1.39. The molecule has 0 bridgehead atoms. The largest absolute Gasteiger partial charge is 0.367 e. The van der Waals surface area contributed by atoms with Gasteiger partial charge >= 0.3 is 0 Å². The van der Waals surface area contributed by atoms with E-state index in [1.165, 1.54) is 11.3 Å². The van der Waals surface area contributed by atoms with Crippen molar-refractivity contribution in [3.63, 3.8) is 0 Å². The minimum Gasteiger partial charge on any atom is -0.367 e. The fourth-order valence-corrected chi connectivity index (χ4v) is 2.60. The summed E-state index contributed by atoms with van der Waals surface area (Å²) in [7, 11) is 0. The zero-order valence-corrected chi connectivity index (χ0v) is 11.3. The Morgan fingerprint density at radius 3 is 3.16 bits per heavy atom. The number of H-pyrrole nitrogens is 1. The molecule has 1 saturated heterocycles. The molecule has 1 aliphatic rings. The zero-order valence-electron chi connectivity index (χ0n) is 10.5. The molecule has 1 N–H and O–H groups in total. The quantitative estimate of drug-likeness (QED) is 0.901. The Balaban J connectivity index is 1.73. The molecule has 100 valence electrons. The highest BCUT2D eigenvalue weighted by Gasteiger charge is 2.28. The van der Waals surface area contributed by atoms with Crippen molar-refractivity contribution < 1.29 is 9.53 Å². The first-order valence-electron chi connectivity index (χ1n) is 6.04. The number of thiazole rings is 1. The van der Waals surface area contributed by atoms with E-state index in [0.29, 0.717) is 25.4 Å². The van der Waals surface area contributed by atoms with Crippen LogP contribution in [0.25, 0.3) is 0 Å². The molecule has 1 atom stereocenters. The lowest BCUT2D eigenvalue weighted by Gasteiger charge is -2.31. The molecule has 6 nitrogen and oxygen atoms in total. The van der Waals surface area contributed by atoms with Gasteiger partial charge in [0.15, 0.2) is 0 Å². The van der Waals surface area contributed by atoms with Crippen LogP contribution in [-0.2, 0) is 4.74 Å². The fraction of sp³-hybridized carbons (Fsp3) is 0.417. The zero-order chi connectivity index (χ0) is 13.2. The van der Waals surface area contributed by atoms with Gasteiger partial charge in [-0.3, -0.25) is 4.79 Å². The van der Waals surface area contributed by atoms with E-state index in [4.69, 9.17) is 4.74 Å². The van der Waals surface area contributed by atoms with Crippen molar-refractivity contribution in [2.24, 2.45) is 0 Å². The SMILES string of the molecule is Cc1cnc([C@@H]2CN(C(=O)c3cscn3)CCO2)[nH]1. The van der Waals surface area contributed by atoms with Gasteiger partial charge in [-0.05, 0) is 6.92 Å². The minimum atomic E-state index is -0.190. The summed E-state index contributed by atoms with van der Waals surface area (Å²) in [5.74, 6) is 0.728. The van der Waals surface area contributed by atoms with Crippen molar-refractivity contribution in [1.82, 2.24) is 19.9 Å². The third-order valence-electron chi connectivity index (χ3n) is 3.03. The van der Waals surface area contributed by atoms with Gasteiger partial charge in [0.1, 0.15) is 17.6 Å². The van der Waals surface area contributed by atoms with Crippen LogP contribution < -0.4 is 0 Å². The number of ether oxygens (including phenoxy) is 1. The Morgan fingerprint density at radius 1 is 1.58 bits per heavy atom. The van der Waals surface area contributed by atoms with Crippen LogP contribution >= 0.6 is 11.3 Å². The summed E-state index contributed by atoms with van der Waals surface area (Å²) in [6, 6.07) is 0. The van der Waals surface area contributed by atoms with Crippen molar-refractivity contribution in [2.45, 2.75) is 13.0 Å². The molecule has 2 aromatic rings. The Labute approximate surface area is 114 Å². The van der Waals surface area contributed by atoms with Crippen LogP contribution in [0.1, 0.15) is 28.1 Å². The van der Waals surface area contributed by atoms with Crippen molar-refractivity contribution in [3.05, 3.63) is 34.3 Å². The number of aromatic amines is 1. The van der Waals surface area contributed by atoms with Gasteiger partial charge in [-0.15, -0.1) is 11.3 Å². The highest BCUT2D eigenvalue weighted by molar-refractivity contribution is 7.07. The number of nitrogens with zero attached hydrogens (tertiary/aromatic N) is 3. The smallest absolute Gasteiger partial charge is 0.273 e. The van der Waals surface area contributed by atoms with E-state index in [9.17, 15) is 4.79 Å². The van der Waals surface area contributed by atoms with E-state index in [1.807, 2.05) is 6.92 Å². The molecule has 0 unspecified atom stereocenters. The van der Waals surface area contributed by atoms with Gasteiger partial charge in [0.2, 0.25) is 0 Å². The standard InChI is InChI=1S/C12H14N4O2S/c1-8-4-13-11(15-8)10-5-16(2-3-18-10)12(17)9-6-19-7-14-9/h4,6-7,10H,2-3,5H2,1H3,(H,13,15)/t10-/m0/s1. The van der Waals surface area contributed by atoms with Crippen LogP contribution in [0.15, 0.2) is 17.1 Å². The molecule has 0 aliphatic carbocycles. The molecular formula is C12H14N4O2S. The summed E-state index contributed by atoms with van der Waals surface area (Å²) in [5.41, 5.74) is 3.16. The summed E-state index contributed by atoms with van der Waals surface area (Å²) in [5, 5.41) is 1.77. The first-order chi connectivity index (χ1) is 9.24. The predicted molar refractivity (Wildman–Crippen MR) is 70.0 cm³/mol. The Morgan fingerprint density at radius 2 is 2.47 bits per heavy atom. The van der Waals surface area contributed by atoms with Crippen molar-refractivity contribution in [1.29, 1.82) is 0 Å². The molecule has 3 heterocycles. The van der Waals surface area contributed by atoms with Crippen LogP contribution in [0.5, 0.6) is 0 Å². The minimum absolute atomic E-state index is 0.0437. The first-order valence-corrected chi connectivity index (χ1v) is 6.99. The number of aromatic nitrogens is 3. The lowest BCUT2D eigenvalue weighted by atomic mass is 10.2. The second-order valence-corrected chi connectivity index (χ2v) is 5.15. The van der Waals surface area contributed by atoms with Gasteiger partial charge < -0.3 is 14.6 Å². The van der Waals surface area contributed by atoms with Crippen LogP contribution in [0.2, 0.25) is 0 Å². The maximum Gasteiger partial charge on any atom is 0.273 e. The summed E-state index contributed by atoms with van der Waals surface area (Å²) in [4.78, 5) is 25.5. The molecule has 7 heteroatoms. The summed E-state index contributed by atoms with van der Waals surface area (Å²) in [6.07, 6.45) is 1.57. The van der Waals surface area contributed by atoms with E-state index >= 15 is 0 Å². The summed E-state index contributed by atoms with van der Waals surface area (Å²) >= 11 is 1.42. The van der Waals surface area contributed by atoms with Gasteiger partial charge in [-0.1, -0.05) is 0 Å². The van der Waals surface area contributed by atoms with Crippen LogP contribution in [-0.4, -0.2) is 45.5 Å². The van der Waals surface area contributed by atoms with Gasteiger partial charge in [0.05, 0.1) is 18.7 Å². The number of imidazole rings is 1. The Bertz CT molecular complexity index is 566. The van der Waals surface area contributed by atoms with Crippen LogP contribution in [0.3, 0.4) is 0 Å². The lowest BCUT2D eigenvalue weighted by molar-refractivity contribution is -0.0266. The molecule has 3 rings (SSSR count). The molecule has 1 amide bonds. The van der Waals surface area contributed by atoms with Gasteiger partial charge in [0, 0.05) is 23.8 Å². The maximum absolute atomic E-state index is 12.2. The van der Waals surface area contributed by atoms with Crippen LogP contribution in [0, 0.1) is 6.92 Å². The normalized spacial score (nSPS) is 19.6. The highest BCUT2D eigenvalue weighted by Crippen LogP contribution is 2.21. The number of aryl methyl sites for hydroxylation is 1. The molecule has 0 aromatic carbocycles. The number of rotatable bonds is 2. The number of carbonyl (C=O) groups excluding carboxylic acids is 1. The number of nitrogens with one attached hydrogen (secondary N) is 1. The number of amides is 1. The highest BCUT2D eigenvalue weighted by atomic mass is 32.1. The van der Waals surface area contributed by atoms with Gasteiger partial charge in [0.25, 0.3) is 5.91 Å². The lowest BCUT2D eigenvalue weighted by Crippen LogP contribution is -2.42. The summed E-state index contributed by atoms with van der Waals surface area (Å²) in [6.45, 7) is 3.55. The molecule has 2 aromatic heterocycles. The Hall–Kier alpha value is -1.73. The van der Waals surface area contributed by atoms with Crippen LogP contribution in [0.4, 0.5) is 0 Å². The average molecular weight is 278 g/mol. The first kappa shape index (κ1) is 12.3. The molecular weight excluding hydrogens is 264 g/mol. The monoisotopic (exact) mass is 278 g/mol. The number of hydrogen-bond acceptors (Lipinski definition) is 5. The van der Waals surface area contributed by atoms with Crippen molar-refractivity contribution in [3.8, 4) is 0 Å².